The fourth-order valence-electron chi connectivity index (χ4n) is 2.17. The first-order chi connectivity index (χ1) is 11.5. The average molecular weight is 349 g/mol. The molecule has 0 aliphatic rings. The van der Waals surface area contributed by atoms with Crippen LogP contribution in [-0.2, 0) is 6.54 Å². The number of nitrogens with one attached hydrogen (secondary N) is 2. The molecular weight excluding hydrogens is 328 g/mol. The lowest BCUT2D eigenvalue weighted by Gasteiger charge is -2.13. The van der Waals surface area contributed by atoms with Gasteiger partial charge in [-0.2, -0.15) is 0 Å². The number of aliphatic hydroxyl groups excluding tert-OH is 1. The Labute approximate surface area is 146 Å². The van der Waals surface area contributed by atoms with Crippen LogP contribution in [0.15, 0.2) is 42.5 Å². The minimum absolute atomic E-state index is 0.0904. The number of hydrogen-bond acceptors (Lipinski definition) is 4. The zero-order chi connectivity index (χ0) is 17.5. The van der Waals surface area contributed by atoms with Crippen molar-refractivity contribution < 1.29 is 14.6 Å². The molecule has 1 unspecified atom stereocenters. The van der Waals surface area contributed by atoms with E-state index in [0.29, 0.717) is 17.1 Å². The number of carbonyl (C=O) groups excluding carboxylic acids is 1. The standard InChI is InChI=1S/C18H21ClN2O3/c1-12(11-22)21-18(23)13-3-6-16(7-4-13)20-10-14-9-15(19)5-8-17(14)24-2/h3-9,12,20,22H,10-11H2,1-2H3,(H,21,23). The van der Waals surface area contributed by atoms with Crippen molar-refractivity contribution >= 4 is 23.2 Å². The highest BCUT2D eigenvalue weighted by molar-refractivity contribution is 6.30. The third kappa shape index (κ3) is 4.88. The fraction of sp³-hybridized carbons (Fsp3) is 0.278. The lowest BCUT2D eigenvalue weighted by molar-refractivity contribution is 0.0922. The van der Waals surface area contributed by atoms with Crippen molar-refractivity contribution in [1.29, 1.82) is 0 Å². The summed E-state index contributed by atoms with van der Waals surface area (Å²) >= 11 is 6.02. The van der Waals surface area contributed by atoms with E-state index < -0.39 is 0 Å². The van der Waals surface area contributed by atoms with Crippen LogP contribution in [0.1, 0.15) is 22.8 Å². The monoisotopic (exact) mass is 348 g/mol. The molecule has 6 heteroatoms. The first-order valence-electron chi connectivity index (χ1n) is 7.61. The topological polar surface area (TPSA) is 70.6 Å². The summed E-state index contributed by atoms with van der Waals surface area (Å²) < 4.78 is 5.31. The van der Waals surface area contributed by atoms with E-state index in [1.165, 1.54) is 0 Å². The first-order valence-corrected chi connectivity index (χ1v) is 7.99. The Morgan fingerprint density at radius 2 is 1.96 bits per heavy atom. The number of aliphatic hydroxyl groups is 1. The predicted octanol–water partition coefficient (Wildman–Crippen LogP) is 3.07. The van der Waals surface area contributed by atoms with Crippen molar-refractivity contribution in [2.45, 2.75) is 19.5 Å². The van der Waals surface area contributed by atoms with Crippen molar-refractivity contribution in [1.82, 2.24) is 5.32 Å². The second-order valence-electron chi connectivity index (χ2n) is 5.44. The Morgan fingerprint density at radius 3 is 2.58 bits per heavy atom. The molecule has 0 heterocycles. The van der Waals surface area contributed by atoms with Gasteiger partial charge < -0.3 is 20.5 Å². The maximum Gasteiger partial charge on any atom is 0.251 e. The first kappa shape index (κ1) is 18.1. The molecule has 0 aromatic heterocycles. The van der Waals surface area contributed by atoms with Crippen molar-refractivity contribution in [3.63, 3.8) is 0 Å². The summed E-state index contributed by atoms with van der Waals surface area (Å²) in [6.07, 6.45) is 0. The summed E-state index contributed by atoms with van der Waals surface area (Å²) in [5.41, 5.74) is 2.37. The molecule has 1 atom stereocenters. The molecule has 24 heavy (non-hydrogen) atoms. The number of halogens is 1. The number of amides is 1. The summed E-state index contributed by atoms with van der Waals surface area (Å²) in [5, 5.41) is 15.6. The molecular formula is C18H21ClN2O3. The molecule has 2 aromatic carbocycles. The van der Waals surface area contributed by atoms with Gasteiger partial charge in [0.05, 0.1) is 13.7 Å². The summed E-state index contributed by atoms with van der Waals surface area (Å²) in [6, 6.07) is 12.3. The number of rotatable bonds is 7. The van der Waals surface area contributed by atoms with Gasteiger partial charge in [-0.3, -0.25) is 4.79 Å². The summed E-state index contributed by atoms with van der Waals surface area (Å²) in [7, 11) is 1.62. The molecule has 128 valence electrons. The molecule has 0 saturated heterocycles. The summed E-state index contributed by atoms with van der Waals surface area (Å²) in [5.74, 6) is 0.556. The number of carbonyl (C=O) groups is 1. The molecule has 1 amide bonds. The van der Waals surface area contributed by atoms with Gasteiger partial charge in [0.2, 0.25) is 0 Å². The van der Waals surface area contributed by atoms with E-state index in [0.717, 1.165) is 17.0 Å². The van der Waals surface area contributed by atoms with Crippen LogP contribution < -0.4 is 15.4 Å². The summed E-state index contributed by atoms with van der Waals surface area (Å²) in [4.78, 5) is 12.0. The van der Waals surface area contributed by atoms with Crippen molar-refractivity contribution in [2.24, 2.45) is 0 Å². The molecule has 5 nitrogen and oxygen atoms in total. The minimum Gasteiger partial charge on any atom is -0.496 e. The van der Waals surface area contributed by atoms with Gasteiger partial charge in [-0.1, -0.05) is 11.6 Å². The third-order valence-electron chi connectivity index (χ3n) is 3.52. The lowest BCUT2D eigenvalue weighted by atomic mass is 10.1. The van der Waals surface area contributed by atoms with Gasteiger partial charge in [-0.15, -0.1) is 0 Å². The van der Waals surface area contributed by atoms with Crippen molar-refractivity contribution in [3.05, 3.63) is 58.6 Å². The molecule has 0 fully saturated rings. The van der Waals surface area contributed by atoms with E-state index >= 15 is 0 Å². The smallest absolute Gasteiger partial charge is 0.251 e. The highest BCUT2D eigenvalue weighted by atomic mass is 35.5. The van der Waals surface area contributed by atoms with Gasteiger partial charge in [-0.25, -0.2) is 0 Å². The van der Waals surface area contributed by atoms with Crippen LogP contribution >= 0.6 is 11.6 Å². The van der Waals surface area contributed by atoms with Gasteiger partial charge in [0, 0.05) is 34.4 Å². The molecule has 3 N–H and O–H groups in total. The van der Waals surface area contributed by atoms with Gasteiger partial charge in [-0.05, 0) is 49.4 Å². The number of anilines is 1. The van der Waals surface area contributed by atoms with E-state index in [-0.39, 0.29) is 18.6 Å². The maximum absolute atomic E-state index is 12.0. The van der Waals surface area contributed by atoms with E-state index in [9.17, 15) is 4.79 Å². The quantitative estimate of drug-likeness (QED) is 0.719. The number of methoxy groups -OCH3 is 1. The maximum atomic E-state index is 12.0. The number of benzene rings is 2. The molecule has 0 bridgehead atoms. The molecule has 2 aromatic rings. The number of ether oxygens (including phenoxy) is 1. The largest absolute Gasteiger partial charge is 0.496 e. The summed E-state index contributed by atoms with van der Waals surface area (Å²) in [6.45, 7) is 2.20. The molecule has 0 radical (unpaired) electrons. The molecule has 0 spiro atoms. The zero-order valence-corrected chi connectivity index (χ0v) is 14.4. The van der Waals surface area contributed by atoms with Gasteiger partial charge in [0.15, 0.2) is 0 Å². The zero-order valence-electron chi connectivity index (χ0n) is 13.7. The molecule has 0 saturated carbocycles. The predicted molar refractivity (Wildman–Crippen MR) is 95.8 cm³/mol. The van der Waals surface area contributed by atoms with Crippen LogP contribution in [0, 0.1) is 0 Å². The van der Waals surface area contributed by atoms with Crippen LogP contribution in [0.3, 0.4) is 0 Å². The Kier molecular flexibility index (Phi) is 6.46. The van der Waals surface area contributed by atoms with Crippen molar-refractivity contribution in [3.8, 4) is 5.75 Å². The van der Waals surface area contributed by atoms with Crippen molar-refractivity contribution in [2.75, 3.05) is 19.0 Å². The van der Waals surface area contributed by atoms with Crippen LogP contribution in [-0.4, -0.2) is 30.8 Å². The fourth-order valence-corrected chi connectivity index (χ4v) is 2.37. The number of hydrogen-bond donors (Lipinski definition) is 3. The minimum atomic E-state index is -0.273. The average Bonchev–Trinajstić information content (AvgIpc) is 2.60. The highest BCUT2D eigenvalue weighted by Crippen LogP contribution is 2.23. The van der Waals surface area contributed by atoms with E-state index in [1.807, 2.05) is 24.3 Å². The Hall–Kier alpha value is -2.24. The van der Waals surface area contributed by atoms with Gasteiger partial charge in [0.25, 0.3) is 5.91 Å². The highest BCUT2D eigenvalue weighted by Gasteiger charge is 2.09. The second-order valence-corrected chi connectivity index (χ2v) is 5.88. The normalized spacial score (nSPS) is 11.7. The van der Waals surface area contributed by atoms with E-state index in [2.05, 4.69) is 10.6 Å². The Bertz CT molecular complexity index is 689. The van der Waals surface area contributed by atoms with E-state index in [1.54, 1.807) is 32.2 Å². The molecule has 0 aliphatic carbocycles. The van der Waals surface area contributed by atoms with E-state index in [4.69, 9.17) is 21.4 Å². The van der Waals surface area contributed by atoms with Crippen LogP contribution in [0.25, 0.3) is 0 Å². The van der Waals surface area contributed by atoms with Crippen LogP contribution in [0.2, 0.25) is 5.02 Å². The molecule has 0 aliphatic heterocycles. The second kappa shape index (κ2) is 8.57. The Balaban J connectivity index is 1.99. The van der Waals surface area contributed by atoms with Gasteiger partial charge >= 0.3 is 0 Å². The Morgan fingerprint density at radius 1 is 1.25 bits per heavy atom. The lowest BCUT2D eigenvalue weighted by Crippen LogP contribution is -2.34. The van der Waals surface area contributed by atoms with Gasteiger partial charge in [0.1, 0.15) is 5.75 Å². The van der Waals surface area contributed by atoms with Crippen LogP contribution in [0.5, 0.6) is 5.75 Å². The SMILES string of the molecule is COc1ccc(Cl)cc1CNc1ccc(C(=O)NC(C)CO)cc1. The third-order valence-corrected chi connectivity index (χ3v) is 3.76. The molecule has 2 rings (SSSR count). The van der Waals surface area contributed by atoms with Crippen LogP contribution in [0.4, 0.5) is 5.69 Å².